The van der Waals surface area contributed by atoms with Crippen LogP contribution in [0, 0.1) is 10.8 Å². The zero-order valence-corrected chi connectivity index (χ0v) is 12.9. The molecule has 2 fully saturated rings. The topological polar surface area (TPSA) is 70.9 Å². The molecule has 4 rings (SSSR count). The Morgan fingerprint density at radius 2 is 2.26 bits per heavy atom. The number of carbonyl (C=O) groups excluding carboxylic acids is 1. The fourth-order valence-corrected chi connectivity index (χ4v) is 4.19. The van der Waals surface area contributed by atoms with Gasteiger partial charge in [-0.2, -0.15) is 5.10 Å². The van der Waals surface area contributed by atoms with E-state index in [0.717, 1.165) is 12.8 Å². The molecule has 0 atom stereocenters. The molecule has 2 heterocycles. The monoisotopic (exact) mass is 317 g/mol. The van der Waals surface area contributed by atoms with Gasteiger partial charge in [-0.15, -0.1) is 0 Å². The number of carbonyl (C=O) groups is 1. The molecule has 1 amide bonds. The highest BCUT2D eigenvalue weighted by Gasteiger charge is 2.56. The molecule has 2 aliphatic rings. The number of hydrogen-bond donors (Lipinski definition) is 2. The highest BCUT2D eigenvalue weighted by molar-refractivity contribution is 5.93. The first-order valence-corrected chi connectivity index (χ1v) is 8.07. The molecule has 2 aliphatic carbocycles. The number of rotatable bonds is 5. The summed E-state index contributed by atoms with van der Waals surface area (Å²) in [4.78, 5) is 12.2. The fraction of sp³-hybridized carbons (Fsp3) is 0.529. The molecule has 0 aromatic carbocycles. The smallest absolute Gasteiger partial charge is 0.271 e. The van der Waals surface area contributed by atoms with Crippen molar-refractivity contribution in [3.8, 4) is 11.5 Å². The summed E-state index contributed by atoms with van der Waals surface area (Å²) in [5.41, 5.74) is 0.965. The van der Waals surface area contributed by atoms with Crippen molar-refractivity contribution in [3.63, 3.8) is 0 Å². The van der Waals surface area contributed by atoms with E-state index in [-0.39, 0.29) is 18.0 Å². The van der Waals surface area contributed by atoms with E-state index in [1.54, 1.807) is 24.5 Å². The van der Waals surface area contributed by atoms with E-state index < -0.39 is 0 Å². The standard InChI is InChI=1S/C17H20FN3O2/c18-10-17(8-16(9-17)4-2-5-16)11-19-15(22)13-7-12(20-21-13)14-3-1-6-23-14/h1,3,6-7H,2,4-5,8-11H2,(H,19,22)(H,20,21). The number of nitrogens with zero attached hydrogens (tertiary/aromatic N) is 1. The van der Waals surface area contributed by atoms with Crippen LogP contribution < -0.4 is 5.32 Å². The fourth-order valence-electron chi connectivity index (χ4n) is 4.19. The Hall–Kier alpha value is -2.11. The van der Waals surface area contributed by atoms with Crippen molar-refractivity contribution in [1.82, 2.24) is 15.5 Å². The summed E-state index contributed by atoms with van der Waals surface area (Å²) in [6.07, 6.45) is 7.05. The van der Waals surface area contributed by atoms with Gasteiger partial charge < -0.3 is 9.73 Å². The van der Waals surface area contributed by atoms with Crippen molar-refractivity contribution in [2.75, 3.05) is 13.2 Å². The van der Waals surface area contributed by atoms with Crippen molar-refractivity contribution in [2.45, 2.75) is 32.1 Å². The first-order chi connectivity index (χ1) is 11.1. The predicted octanol–water partition coefficient (Wildman–Crippen LogP) is 3.32. The third kappa shape index (κ3) is 2.46. The van der Waals surface area contributed by atoms with E-state index in [9.17, 15) is 9.18 Å². The quantitative estimate of drug-likeness (QED) is 0.888. The number of aromatic amines is 1. The lowest BCUT2D eigenvalue weighted by Crippen LogP contribution is -2.56. The first-order valence-electron chi connectivity index (χ1n) is 8.07. The lowest BCUT2D eigenvalue weighted by atomic mass is 9.45. The number of amides is 1. The van der Waals surface area contributed by atoms with Crippen molar-refractivity contribution in [2.24, 2.45) is 10.8 Å². The number of nitrogens with one attached hydrogen (secondary N) is 2. The second-order valence-electron chi connectivity index (χ2n) is 7.17. The van der Waals surface area contributed by atoms with Crippen LogP contribution in [0.15, 0.2) is 28.9 Å². The molecular weight excluding hydrogens is 297 g/mol. The summed E-state index contributed by atoms with van der Waals surface area (Å²) in [6.45, 7) is 0.0142. The van der Waals surface area contributed by atoms with Gasteiger partial charge in [-0.3, -0.25) is 14.3 Å². The molecule has 6 heteroatoms. The molecule has 0 radical (unpaired) electrons. The number of furan rings is 1. The third-order valence-corrected chi connectivity index (χ3v) is 5.42. The minimum absolute atomic E-state index is 0.276. The van der Waals surface area contributed by atoms with Gasteiger partial charge in [0.1, 0.15) is 5.69 Å². The number of aromatic nitrogens is 2. The molecule has 2 N–H and O–H groups in total. The van der Waals surface area contributed by atoms with Gasteiger partial charge in [0.05, 0.1) is 12.9 Å². The number of alkyl halides is 1. The van der Waals surface area contributed by atoms with Gasteiger partial charge in [0.25, 0.3) is 5.91 Å². The van der Waals surface area contributed by atoms with Gasteiger partial charge in [-0.25, -0.2) is 0 Å². The van der Waals surface area contributed by atoms with Crippen LogP contribution in [-0.4, -0.2) is 29.3 Å². The zero-order chi connectivity index (χ0) is 15.9. The molecule has 122 valence electrons. The second kappa shape index (κ2) is 5.22. The zero-order valence-electron chi connectivity index (χ0n) is 12.9. The van der Waals surface area contributed by atoms with Crippen molar-refractivity contribution in [1.29, 1.82) is 0 Å². The largest absolute Gasteiger partial charge is 0.463 e. The molecule has 23 heavy (non-hydrogen) atoms. The van der Waals surface area contributed by atoms with E-state index in [0.29, 0.717) is 29.1 Å². The maximum atomic E-state index is 13.5. The van der Waals surface area contributed by atoms with Crippen molar-refractivity contribution >= 4 is 5.91 Å². The van der Waals surface area contributed by atoms with Crippen LogP contribution in [0.2, 0.25) is 0 Å². The van der Waals surface area contributed by atoms with E-state index in [2.05, 4.69) is 15.5 Å². The van der Waals surface area contributed by atoms with Crippen LogP contribution in [0.5, 0.6) is 0 Å². The van der Waals surface area contributed by atoms with Crippen LogP contribution in [0.25, 0.3) is 11.5 Å². The predicted molar refractivity (Wildman–Crippen MR) is 82.5 cm³/mol. The summed E-state index contributed by atoms with van der Waals surface area (Å²) < 4.78 is 18.7. The molecule has 5 nitrogen and oxygen atoms in total. The molecular formula is C17H20FN3O2. The van der Waals surface area contributed by atoms with E-state index in [1.807, 2.05) is 0 Å². The Morgan fingerprint density at radius 3 is 2.87 bits per heavy atom. The van der Waals surface area contributed by atoms with Gasteiger partial charge in [0, 0.05) is 18.0 Å². The van der Waals surface area contributed by atoms with E-state index >= 15 is 0 Å². The van der Waals surface area contributed by atoms with Crippen LogP contribution in [0.4, 0.5) is 4.39 Å². The number of hydrogen-bond acceptors (Lipinski definition) is 3. The van der Waals surface area contributed by atoms with Crippen LogP contribution >= 0.6 is 0 Å². The lowest BCUT2D eigenvalue weighted by molar-refractivity contribution is -0.104. The van der Waals surface area contributed by atoms with Gasteiger partial charge in [-0.05, 0) is 43.2 Å². The van der Waals surface area contributed by atoms with E-state index in [1.165, 1.54) is 19.3 Å². The van der Waals surface area contributed by atoms with Gasteiger partial charge >= 0.3 is 0 Å². The van der Waals surface area contributed by atoms with E-state index in [4.69, 9.17) is 4.42 Å². The summed E-state index contributed by atoms with van der Waals surface area (Å²) >= 11 is 0. The Bertz CT molecular complexity index is 695. The average Bonchev–Trinajstić information content (AvgIpc) is 3.15. The maximum absolute atomic E-state index is 13.5. The highest BCUT2D eigenvalue weighted by Crippen LogP contribution is 2.64. The molecule has 2 aromatic heterocycles. The SMILES string of the molecule is O=C(NCC1(CF)CC2(CCC2)C1)c1cc(-c2ccco2)[nH]n1. The van der Waals surface area contributed by atoms with Gasteiger partial charge in [0.2, 0.25) is 0 Å². The molecule has 0 bridgehead atoms. The number of H-pyrrole nitrogens is 1. The normalized spacial score (nSPS) is 20.7. The minimum Gasteiger partial charge on any atom is -0.463 e. The highest BCUT2D eigenvalue weighted by atomic mass is 19.1. The van der Waals surface area contributed by atoms with Crippen LogP contribution in [-0.2, 0) is 0 Å². The maximum Gasteiger partial charge on any atom is 0.271 e. The molecule has 0 unspecified atom stereocenters. The number of halogens is 1. The van der Waals surface area contributed by atoms with Gasteiger partial charge in [0.15, 0.2) is 11.5 Å². The van der Waals surface area contributed by atoms with Crippen LogP contribution in [0.1, 0.15) is 42.6 Å². The average molecular weight is 317 g/mol. The van der Waals surface area contributed by atoms with Crippen LogP contribution in [0.3, 0.4) is 0 Å². The molecule has 0 aliphatic heterocycles. The van der Waals surface area contributed by atoms with Crippen molar-refractivity contribution in [3.05, 3.63) is 30.2 Å². The molecule has 2 aromatic rings. The Balaban J connectivity index is 1.37. The first kappa shape index (κ1) is 14.5. The molecule has 1 spiro atoms. The second-order valence-corrected chi connectivity index (χ2v) is 7.17. The lowest BCUT2D eigenvalue weighted by Gasteiger charge is -2.60. The van der Waals surface area contributed by atoms with Crippen molar-refractivity contribution < 1.29 is 13.6 Å². The summed E-state index contributed by atoms with van der Waals surface area (Å²) in [5, 5.41) is 9.63. The summed E-state index contributed by atoms with van der Waals surface area (Å²) in [5.74, 6) is 0.351. The Labute approximate surface area is 133 Å². The Kier molecular flexibility index (Phi) is 3.28. The molecule has 2 saturated carbocycles. The molecule has 0 saturated heterocycles. The third-order valence-electron chi connectivity index (χ3n) is 5.42. The van der Waals surface area contributed by atoms with Gasteiger partial charge in [-0.1, -0.05) is 6.42 Å². The summed E-state index contributed by atoms with van der Waals surface area (Å²) in [6, 6.07) is 5.21. The minimum atomic E-state index is -0.368. The summed E-state index contributed by atoms with van der Waals surface area (Å²) in [7, 11) is 0. The Morgan fingerprint density at radius 1 is 1.43 bits per heavy atom.